The predicted molar refractivity (Wildman–Crippen MR) is 124 cm³/mol. The fourth-order valence-electron chi connectivity index (χ4n) is 4.04. The Morgan fingerprint density at radius 1 is 1.16 bits per heavy atom. The standard InChI is InChI=1S/C24H36N4O4/c1-2-3-4-7-12-27(13-14-29)23(31)9-6-5-8-15-32-20-10-11-21-19(16-20)17-28-18-22(30)26-24(28)25-21/h10-11,16,29H,2-9,12-15,17-18H2,1H3,(H,25,26,30). The zero-order chi connectivity index (χ0) is 22.8. The van der Waals surface area contributed by atoms with Gasteiger partial charge < -0.3 is 19.6 Å². The van der Waals surface area contributed by atoms with Gasteiger partial charge in [0.05, 0.1) is 18.9 Å². The van der Waals surface area contributed by atoms with E-state index in [1.807, 2.05) is 23.1 Å². The van der Waals surface area contributed by atoms with E-state index in [1.165, 1.54) is 12.8 Å². The molecule has 0 saturated carbocycles. The minimum absolute atomic E-state index is 0.0192. The monoisotopic (exact) mass is 444 g/mol. The van der Waals surface area contributed by atoms with Gasteiger partial charge in [0, 0.05) is 31.6 Å². The lowest BCUT2D eigenvalue weighted by Gasteiger charge is -2.23. The second-order valence-electron chi connectivity index (χ2n) is 8.45. The molecule has 1 aromatic rings. The van der Waals surface area contributed by atoms with E-state index in [0.717, 1.165) is 55.6 Å². The highest BCUT2D eigenvalue weighted by atomic mass is 16.5. The Kier molecular flexibility index (Phi) is 9.34. The molecule has 0 bridgehead atoms. The molecule has 2 amide bonds. The van der Waals surface area contributed by atoms with Gasteiger partial charge in [0.15, 0.2) is 0 Å². The lowest BCUT2D eigenvalue weighted by molar-refractivity contribution is -0.132. The topological polar surface area (TPSA) is 94.5 Å². The van der Waals surface area contributed by atoms with Crippen LogP contribution in [0.2, 0.25) is 0 Å². The van der Waals surface area contributed by atoms with Crippen molar-refractivity contribution in [2.75, 3.05) is 32.8 Å². The SMILES string of the molecule is CCCCCCN(CCO)C(=O)CCCCCOc1ccc2c(c1)CN1CC(=O)NC1=N2. The Hall–Kier alpha value is -2.61. The number of carbonyl (C=O) groups excluding carboxylic acids is 2. The molecule has 0 unspecified atom stereocenters. The lowest BCUT2D eigenvalue weighted by Crippen LogP contribution is -2.34. The first kappa shape index (κ1) is 24.0. The van der Waals surface area contributed by atoms with Gasteiger partial charge in [-0.3, -0.25) is 14.9 Å². The molecule has 8 heteroatoms. The normalized spacial score (nSPS) is 14.5. The fourth-order valence-corrected chi connectivity index (χ4v) is 4.04. The number of guanidine groups is 1. The minimum Gasteiger partial charge on any atom is -0.494 e. The van der Waals surface area contributed by atoms with Crippen molar-refractivity contribution in [2.45, 2.75) is 64.8 Å². The summed E-state index contributed by atoms with van der Waals surface area (Å²) in [4.78, 5) is 32.2. The van der Waals surface area contributed by atoms with Crippen LogP contribution in [0, 0.1) is 0 Å². The number of rotatable bonds is 14. The molecule has 0 aromatic heterocycles. The first-order chi connectivity index (χ1) is 15.6. The molecule has 8 nitrogen and oxygen atoms in total. The molecule has 2 aliphatic rings. The van der Waals surface area contributed by atoms with E-state index in [-0.39, 0.29) is 18.4 Å². The zero-order valence-corrected chi connectivity index (χ0v) is 19.1. The van der Waals surface area contributed by atoms with Crippen molar-refractivity contribution in [3.05, 3.63) is 23.8 Å². The number of nitrogens with one attached hydrogen (secondary N) is 1. The number of fused-ring (bicyclic) bond motifs is 2. The predicted octanol–water partition coefficient (Wildman–Crippen LogP) is 2.96. The number of carbonyl (C=O) groups is 2. The molecule has 1 fully saturated rings. The van der Waals surface area contributed by atoms with E-state index in [9.17, 15) is 14.7 Å². The van der Waals surface area contributed by atoms with Crippen molar-refractivity contribution in [3.8, 4) is 5.75 Å². The third kappa shape index (κ3) is 6.95. The number of hydrogen-bond acceptors (Lipinski definition) is 6. The molecule has 0 radical (unpaired) electrons. The van der Waals surface area contributed by atoms with Gasteiger partial charge in [-0.05, 0) is 43.9 Å². The number of amides is 2. The molecular formula is C24H36N4O4. The van der Waals surface area contributed by atoms with Crippen LogP contribution in [0.3, 0.4) is 0 Å². The van der Waals surface area contributed by atoms with Gasteiger partial charge in [0.25, 0.3) is 0 Å². The number of unbranched alkanes of at least 4 members (excludes halogenated alkanes) is 5. The van der Waals surface area contributed by atoms with E-state index >= 15 is 0 Å². The van der Waals surface area contributed by atoms with Crippen LogP contribution in [0.25, 0.3) is 0 Å². The smallest absolute Gasteiger partial charge is 0.246 e. The van der Waals surface area contributed by atoms with Crippen molar-refractivity contribution >= 4 is 23.5 Å². The Morgan fingerprint density at radius 3 is 2.81 bits per heavy atom. The van der Waals surface area contributed by atoms with E-state index in [4.69, 9.17) is 4.74 Å². The van der Waals surface area contributed by atoms with Crippen molar-refractivity contribution < 1.29 is 19.4 Å². The third-order valence-electron chi connectivity index (χ3n) is 5.83. The number of aliphatic imine (C=N–C) groups is 1. The van der Waals surface area contributed by atoms with Crippen LogP contribution in [0.15, 0.2) is 23.2 Å². The van der Waals surface area contributed by atoms with Crippen LogP contribution in [0.4, 0.5) is 5.69 Å². The molecule has 3 rings (SSSR count). The van der Waals surface area contributed by atoms with Gasteiger partial charge in [0.1, 0.15) is 12.3 Å². The first-order valence-corrected chi connectivity index (χ1v) is 11.9. The van der Waals surface area contributed by atoms with Crippen LogP contribution >= 0.6 is 0 Å². The molecule has 0 spiro atoms. The highest BCUT2D eigenvalue weighted by molar-refractivity contribution is 6.05. The van der Waals surface area contributed by atoms with E-state index in [1.54, 1.807) is 4.90 Å². The third-order valence-corrected chi connectivity index (χ3v) is 5.83. The Labute approximate surface area is 190 Å². The summed E-state index contributed by atoms with van der Waals surface area (Å²) < 4.78 is 5.90. The maximum Gasteiger partial charge on any atom is 0.246 e. The summed E-state index contributed by atoms with van der Waals surface area (Å²) in [6.45, 7) is 4.96. The summed E-state index contributed by atoms with van der Waals surface area (Å²) in [6, 6.07) is 5.83. The lowest BCUT2D eigenvalue weighted by atomic mass is 10.1. The van der Waals surface area contributed by atoms with Gasteiger partial charge in [-0.1, -0.05) is 26.2 Å². The molecule has 2 heterocycles. The highest BCUT2D eigenvalue weighted by Crippen LogP contribution is 2.30. The zero-order valence-electron chi connectivity index (χ0n) is 19.1. The number of aliphatic hydroxyl groups excluding tert-OH is 1. The van der Waals surface area contributed by atoms with Crippen molar-refractivity contribution in [1.82, 2.24) is 15.1 Å². The number of ether oxygens (including phenoxy) is 1. The summed E-state index contributed by atoms with van der Waals surface area (Å²) in [5.41, 5.74) is 1.92. The average molecular weight is 445 g/mol. The maximum atomic E-state index is 12.4. The van der Waals surface area contributed by atoms with Crippen molar-refractivity contribution in [3.63, 3.8) is 0 Å². The summed E-state index contributed by atoms with van der Waals surface area (Å²) in [5.74, 6) is 1.55. The number of aliphatic hydroxyl groups is 1. The van der Waals surface area contributed by atoms with Crippen molar-refractivity contribution in [1.29, 1.82) is 0 Å². The largest absolute Gasteiger partial charge is 0.494 e. The van der Waals surface area contributed by atoms with Crippen LogP contribution in [0.1, 0.15) is 63.9 Å². The quantitative estimate of drug-likeness (QED) is 0.430. The van der Waals surface area contributed by atoms with Gasteiger partial charge in [-0.15, -0.1) is 0 Å². The Balaban J connectivity index is 1.33. The van der Waals surface area contributed by atoms with Gasteiger partial charge in [-0.25, -0.2) is 4.99 Å². The fraction of sp³-hybridized carbons (Fsp3) is 0.625. The molecular weight excluding hydrogens is 408 g/mol. The van der Waals surface area contributed by atoms with Crippen LogP contribution in [-0.4, -0.2) is 65.5 Å². The molecule has 32 heavy (non-hydrogen) atoms. The molecule has 0 aliphatic carbocycles. The average Bonchev–Trinajstić information content (AvgIpc) is 3.15. The van der Waals surface area contributed by atoms with E-state index in [2.05, 4.69) is 17.2 Å². The summed E-state index contributed by atoms with van der Waals surface area (Å²) >= 11 is 0. The number of hydrogen-bond donors (Lipinski definition) is 2. The van der Waals surface area contributed by atoms with Gasteiger partial charge >= 0.3 is 0 Å². The maximum absolute atomic E-state index is 12.4. The van der Waals surface area contributed by atoms with E-state index < -0.39 is 0 Å². The Bertz CT molecular complexity index is 811. The van der Waals surface area contributed by atoms with Crippen LogP contribution in [0.5, 0.6) is 5.75 Å². The summed E-state index contributed by atoms with van der Waals surface area (Å²) in [6.07, 6.45) is 7.66. The molecule has 1 aromatic carbocycles. The molecule has 2 N–H and O–H groups in total. The summed E-state index contributed by atoms with van der Waals surface area (Å²) in [5, 5.41) is 12.0. The second-order valence-corrected chi connectivity index (χ2v) is 8.45. The summed E-state index contributed by atoms with van der Waals surface area (Å²) in [7, 11) is 0. The molecule has 1 saturated heterocycles. The van der Waals surface area contributed by atoms with Gasteiger partial charge in [-0.2, -0.15) is 0 Å². The van der Waals surface area contributed by atoms with Crippen molar-refractivity contribution in [2.24, 2.45) is 4.99 Å². The first-order valence-electron chi connectivity index (χ1n) is 11.9. The minimum atomic E-state index is -0.0255. The molecule has 176 valence electrons. The Morgan fingerprint density at radius 2 is 2.00 bits per heavy atom. The molecule has 0 atom stereocenters. The van der Waals surface area contributed by atoms with E-state index in [0.29, 0.717) is 38.6 Å². The van der Waals surface area contributed by atoms with Gasteiger partial charge in [0.2, 0.25) is 17.8 Å². The van der Waals surface area contributed by atoms with Crippen LogP contribution in [-0.2, 0) is 16.1 Å². The number of benzene rings is 1. The van der Waals surface area contributed by atoms with Crippen LogP contribution < -0.4 is 10.1 Å². The number of nitrogens with zero attached hydrogens (tertiary/aromatic N) is 3. The second kappa shape index (κ2) is 12.4. The molecule has 2 aliphatic heterocycles. The highest BCUT2D eigenvalue weighted by Gasteiger charge is 2.29.